The van der Waals surface area contributed by atoms with E-state index in [1.807, 2.05) is 37.3 Å². The number of halogens is 3. The maximum Gasteiger partial charge on any atom is 0.573 e. The Morgan fingerprint density at radius 2 is 1.81 bits per heavy atom. The summed E-state index contributed by atoms with van der Waals surface area (Å²) in [4.78, 5) is 11.1. The Balaban J connectivity index is 1.10. The van der Waals surface area contributed by atoms with Crippen LogP contribution in [-0.2, 0) is 0 Å². The molecule has 43 heavy (non-hydrogen) atoms. The lowest BCUT2D eigenvalue weighted by atomic mass is 9.94. The predicted molar refractivity (Wildman–Crippen MR) is 167 cm³/mol. The molecule has 2 aliphatic heterocycles. The van der Waals surface area contributed by atoms with E-state index >= 15 is 0 Å². The van der Waals surface area contributed by atoms with Crippen molar-refractivity contribution in [3.05, 3.63) is 102 Å². The van der Waals surface area contributed by atoms with Crippen molar-refractivity contribution < 1.29 is 17.9 Å². The lowest BCUT2D eigenvalue weighted by Gasteiger charge is -2.29. The van der Waals surface area contributed by atoms with Gasteiger partial charge in [0.05, 0.1) is 17.1 Å². The number of rotatable bonds is 5. The Hall–Kier alpha value is -4.49. The van der Waals surface area contributed by atoms with Gasteiger partial charge in [0.25, 0.3) is 0 Å². The number of hydrogen-bond acceptors (Lipinski definition) is 6. The van der Waals surface area contributed by atoms with Crippen LogP contribution in [0.5, 0.6) is 5.75 Å². The summed E-state index contributed by atoms with van der Waals surface area (Å²) in [6.45, 7) is 4.06. The van der Waals surface area contributed by atoms with Gasteiger partial charge in [-0.05, 0) is 60.6 Å². The zero-order chi connectivity index (χ0) is 30.1. The highest BCUT2D eigenvalue weighted by Gasteiger charge is 2.33. The molecule has 0 radical (unpaired) electrons. The van der Waals surface area contributed by atoms with Crippen molar-refractivity contribution in [2.45, 2.75) is 26.1 Å². The van der Waals surface area contributed by atoms with Crippen LogP contribution in [0.1, 0.15) is 30.9 Å². The Bertz CT molecular complexity index is 1760. The zero-order valence-electron chi connectivity index (χ0n) is 22.9. The van der Waals surface area contributed by atoms with Crippen LogP contribution in [-0.4, -0.2) is 42.9 Å². The molecule has 0 saturated carbocycles. The lowest BCUT2D eigenvalue weighted by Crippen LogP contribution is -2.28. The number of hydrazone groups is 1. The van der Waals surface area contributed by atoms with Crippen LogP contribution >= 0.6 is 24.0 Å². The SMILES string of the molecule is C/C(=N\NC(=S)N=C1SCC2=CC(C)c3ccccc3N21)c1ccc(-c2ncn(-c3ccc(OC(F)(F)F)cc3)n2)cc1. The third-order valence-corrected chi connectivity index (χ3v) is 8.00. The second kappa shape index (κ2) is 11.7. The number of ether oxygens (including phenoxy) is 1. The highest BCUT2D eigenvalue weighted by Crippen LogP contribution is 2.42. The molecule has 2 aliphatic rings. The van der Waals surface area contributed by atoms with Gasteiger partial charge in [-0.3, -0.25) is 10.3 Å². The molecule has 0 spiro atoms. The van der Waals surface area contributed by atoms with Crippen molar-refractivity contribution in [2.75, 3.05) is 10.7 Å². The number of thioether (sulfide) groups is 1. The fraction of sp³-hybridized carbons (Fsp3) is 0.167. The molecule has 0 amide bonds. The van der Waals surface area contributed by atoms with Gasteiger partial charge in [0.1, 0.15) is 12.1 Å². The summed E-state index contributed by atoms with van der Waals surface area (Å²) in [6, 6.07) is 21.2. The molecule has 6 rings (SSSR count). The van der Waals surface area contributed by atoms with Gasteiger partial charge in [-0.25, -0.2) is 9.67 Å². The van der Waals surface area contributed by atoms with Gasteiger partial charge < -0.3 is 4.74 Å². The number of aliphatic imine (C=N–C) groups is 1. The van der Waals surface area contributed by atoms with Gasteiger partial charge in [-0.15, -0.1) is 18.3 Å². The fourth-order valence-electron chi connectivity index (χ4n) is 4.80. The van der Waals surface area contributed by atoms with Crippen molar-refractivity contribution >= 4 is 45.7 Å². The van der Waals surface area contributed by atoms with Crippen molar-refractivity contribution in [2.24, 2.45) is 10.1 Å². The van der Waals surface area contributed by atoms with Gasteiger partial charge in [0, 0.05) is 22.9 Å². The second-order valence-corrected chi connectivity index (χ2v) is 11.1. The quantitative estimate of drug-likeness (QED) is 0.146. The number of amidine groups is 1. The van der Waals surface area contributed by atoms with Crippen LogP contribution in [0.2, 0.25) is 0 Å². The first-order valence-electron chi connectivity index (χ1n) is 13.2. The highest BCUT2D eigenvalue weighted by atomic mass is 32.2. The number of allylic oxidation sites excluding steroid dienone is 1. The van der Waals surface area contributed by atoms with E-state index in [2.05, 4.69) is 66.4 Å². The number of nitrogens with one attached hydrogen (secondary N) is 1. The number of alkyl halides is 3. The molecule has 1 unspecified atom stereocenters. The lowest BCUT2D eigenvalue weighted by molar-refractivity contribution is -0.274. The van der Waals surface area contributed by atoms with Crippen LogP contribution in [0.4, 0.5) is 18.9 Å². The van der Waals surface area contributed by atoms with E-state index in [0.717, 1.165) is 27.7 Å². The molecule has 3 heterocycles. The fourth-order valence-corrected chi connectivity index (χ4v) is 5.99. The van der Waals surface area contributed by atoms with Crippen LogP contribution in [0.3, 0.4) is 0 Å². The molecule has 1 saturated heterocycles. The topological polar surface area (TPSA) is 79.9 Å². The van der Waals surface area contributed by atoms with Gasteiger partial charge in [-0.2, -0.15) is 10.1 Å². The minimum atomic E-state index is -4.75. The highest BCUT2D eigenvalue weighted by molar-refractivity contribution is 8.14. The van der Waals surface area contributed by atoms with E-state index in [1.165, 1.54) is 46.5 Å². The molecular weight excluding hydrogens is 596 g/mol. The molecule has 13 heteroatoms. The van der Waals surface area contributed by atoms with Crippen molar-refractivity contribution in [1.29, 1.82) is 0 Å². The van der Waals surface area contributed by atoms with Crippen LogP contribution in [0, 0.1) is 0 Å². The third kappa shape index (κ3) is 6.32. The average Bonchev–Trinajstić information content (AvgIpc) is 3.64. The number of aromatic nitrogens is 3. The van der Waals surface area contributed by atoms with E-state index in [0.29, 0.717) is 23.1 Å². The number of hydrogen-bond donors (Lipinski definition) is 1. The predicted octanol–water partition coefficient (Wildman–Crippen LogP) is 7.04. The molecule has 8 nitrogen and oxygen atoms in total. The summed E-state index contributed by atoms with van der Waals surface area (Å²) in [6.07, 6.45) is -0.981. The minimum absolute atomic E-state index is 0.267. The minimum Gasteiger partial charge on any atom is -0.406 e. The van der Waals surface area contributed by atoms with Crippen LogP contribution < -0.4 is 15.1 Å². The Morgan fingerprint density at radius 3 is 2.56 bits per heavy atom. The molecule has 1 atom stereocenters. The van der Waals surface area contributed by atoms with Crippen LogP contribution in [0.25, 0.3) is 17.1 Å². The Morgan fingerprint density at radius 1 is 1.07 bits per heavy atom. The summed E-state index contributed by atoms with van der Waals surface area (Å²) < 4.78 is 42.6. The summed E-state index contributed by atoms with van der Waals surface area (Å²) in [5.41, 5.74) is 9.38. The van der Waals surface area contributed by atoms with Crippen LogP contribution in [0.15, 0.2) is 101 Å². The maximum atomic E-state index is 12.4. The first-order chi connectivity index (χ1) is 20.6. The number of para-hydroxylation sites is 1. The van der Waals surface area contributed by atoms with Gasteiger partial charge in [0.2, 0.25) is 5.11 Å². The summed E-state index contributed by atoms with van der Waals surface area (Å²) in [5.74, 6) is 1.34. The van der Waals surface area contributed by atoms with Gasteiger partial charge in [0.15, 0.2) is 11.0 Å². The third-order valence-electron chi connectivity index (χ3n) is 6.84. The maximum absolute atomic E-state index is 12.4. The summed E-state index contributed by atoms with van der Waals surface area (Å²) in [7, 11) is 0. The average molecular weight is 620 g/mol. The Labute approximate surface area is 255 Å². The largest absolute Gasteiger partial charge is 0.573 e. The van der Waals surface area contributed by atoms with E-state index in [4.69, 9.17) is 12.2 Å². The molecule has 218 valence electrons. The molecular formula is C30H24F3N7OS2. The summed E-state index contributed by atoms with van der Waals surface area (Å²) >= 11 is 7.14. The van der Waals surface area contributed by atoms with Gasteiger partial charge >= 0.3 is 6.36 Å². The smallest absolute Gasteiger partial charge is 0.406 e. The van der Waals surface area contributed by atoms with E-state index < -0.39 is 6.36 Å². The zero-order valence-corrected chi connectivity index (χ0v) is 24.5. The number of benzene rings is 3. The van der Waals surface area contributed by atoms with E-state index in [1.54, 1.807) is 11.8 Å². The van der Waals surface area contributed by atoms with Crippen molar-refractivity contribution in [3.8, 4) is 22.8 Å². The first kappa shape index (κ1) is 28.6. The molecule has 0 aliphatic carbocycles. The van der Waals surface area contributed by atoms with Crippen molar-refractivity contribution in [3.63, 3.8) is 0 Å². The number of thiocarbonyl (C=S) groups is 1. The number of fused-ring (bicyclic) bond motifs is 3. The standard InChI is InChI=1S/C30H24F3N7OS2/c1-18-15-23-16-43-29(40(23)26-6-4-3-5-25(18)26)35-28(42)37-36-19(2)20-7-9-21(10-8-20)27-34-17-39(38-27)22-11-13-24(14-12-22)41-30(31,32)33/h3-15,17-18H,16H2,1-2H3,(H,37,42)/b35-29?,36-19+. The molecule has 1 fully saturated rings. The van der Waals surface area contributed by atoms with Gasteiger partial charge in [-0.1, -0.05) is 67.2 Å². The second-order valence-electron chi connectivity index (χ2n) is 9.77. The van der Waals surface area contributed by atoms with E-state index in [-0.39, 0.29) is 10.9 Å². The van der Waals surface area contributed by atoms with E-state index in [9.17, 15) is 13.2 Å². The first-order valence-corrected chi connectivity index (χ1v) is 14.6. The molecule has 4 aromatic rings. The summed E-state index contributed by atoms with van der Waals surface area (Å²) in [5, 5.41) is 9.96. The Kier molecular flexibility index (Phi) is 7.75. The van der Waals surface area contributed by atoms with Crippen molar-refractivity contribution in [1.82, 2.24) is 20.2 Å². The molecule has 1 aromatic heterocycles. The number of nitrogens with zero attached hydrogens (tertiary/aromatic N) is 6. The normalized spacial score (nSPS) is 17.4. The number of anilines is 1. The molecule has 0 bridgehead atoms. The molecule has 3 aromatic carbocycles. The monoisotopic (exact) mass is 619 g/mol. The molecule has 1 N–H and O–H groups in total.